The number of benzene rings is 1. The highest BCUT2D eigenvalue weighted by atomic mass is 35.5. The van der Waals surface area contributed by atoms with E-state index in [0.717, 1.165) is 58.7 Å². The quantitative estimate of drug-likeness (QED) is 0.802. The smallest absolute Gasteiger partial charge is 0.234 e. The molecule has 5 nitrogen and oxygen atoms in total. The number of carbonyl (C=O) groups excluding carboxylic acids is 1. The van der Waals surface area contributed by atoms with Crippen LogP contribution in [0.4, 0.5) is 0 Å². The second-order valence-electron chi connectivity index (χ2n) is 6.65. The molecule has 2 saturated heterocycles. The molecule has 0 aliphatic carbocycles. The maximum absolute atomic E-state index is 12.2. The number of amides is 1. The summed E-state index contributed by atoms with van der Waals surface area (Å²) in [5.74, 6) is 0.176. The SMILES string of the molecule is Cl.Cl.O=C(CN1CCN(Cc2ccccc2)CC1)N[C@H]1CCCNC1. The molecule has 1 atom stereocenters. The third kappa shape index (κ3) is 7.50. The van der Waals surface area contributed by atoms with Gasteiger partial charge in [0, 0.05) is 45.3 Å². The molecule has 142 valence electrons. The Labute approximate surface area is 163 Å². The van der Waals surface area contributed by atoms with Crippen LogP contribution in [-0.4, -0.2) is 67.6 Å². The number of hydrogen-bond donors (Lipinski definition) is 2. The lowest BCUT2D eigenvalue weighted by atomic mass is 10.1. The number of piperazine rings is 1. The number of hydrogen-bond acceptors (Lipinski definition) is 4. The fraction of sp³-hybridized carbons (Fsp3) is 0.611. The molecule has 0 saturated carbocycles. The lowest BCUT2D eigenvalue weighted by Gasteiger charge is -2.34. The van der Waals surface area contributed by atoms with Crippen molar-refractivity contribution in [3.63, 3.8) is 0 Å². The maximum Gasteiger partial charge on any atom is 0.234 e. The molecule has 0 unspecified atom stereocenters. The van der Waals surface area contributed by atoms with Crippen LogP contribution in [0, 0.1) is 0 Å². The van der Waals surface area contributed by atoms with Gasteiger partial charge in [-0.15, -0.1) is 24.8 Å². The van der Waals surface area contributed by atoms with Crippen molar-refractivity contribution < 1.29 is 4.79 Å². The van der Waals surface area contributed by atoms with Gasteiger partial charge in [0.1, 0.15) is 0 Å². The molecule has 2 aliphatic rings. The molecule has 0 spiro atoms. The highest BCUT2D eigenvalue weighted by Crippen LogP contribution is 2.08. The van der Waals surface area contributed by atoms with Crippen LogP contribution in [0.15, 0.2) is 30.3 Å². The molecule has 0 radical (unpaired) electrons. The normalized spacial score (nSPS) is 21.7. The molecule has 25 heavy (non-hydrogen) atoms. The van der Waals surface area contributed by atoms with Crippen LogP contribution >= 0.6 is 24.8 Å². The first-order valence-electron chi connectivity index (χ1n) is 8.78. The Morgan fingerprint density at radius 3 is 2.40 bits per heavy atom. The van der Waals surface area contributed by atoms with E-state index in [1.54, 1.807) is 0 Å². The molecule has 7 heteroatoms. The van der Waals surface area contributed by atoms with Gasteiger partial charge in [0.05, 0.1) is 6.54 Å². The predicted octanol–water partition coefficient (Wildman–Crippen LogP) is 1.52. The molecule has 0 aromatic heterocycles. The van der Waals surface area contributed by atoms with E-state index < -0.39 is 0 Å². The molecule has 1 aromatic rings. The second kappa shape index (κ2) is 11.7. The highest BCUT2D eigenvalue weighted by Gasteiger charge is 2.21. The van der Waals surface area contributed by atoms with Gasteiger partial charge in [0.15, 0.2) is 0 Å². The summed E-state index contributed by atoms with van der Waals surface area (Å²) < 4.78 is 0. The van der Waals surface area contributed by atoms with Gasteiger partial charge in [-0.1, -0.05) is 30.3 Å². The Morgan fingerprint density at radius 1 is 1.08 bits per heavy atom. The van der Waals surface area contributed by atoms with Crippen LogP contribution in [0.2, 0.25) is 0 Å². The van der Waals surface area contributed by atoms with Crippen molar-refractivity contribution in [3.05, 3.63) is 35.9 Å². The number of halogens is 2. The minimum absolute atomic E-state index is 0. The van der Waals surface area contributed by atoms with Crippen molar-refractivity contribution in [2.75, 3.05) is 45.8 Å². The zero-order valence-electron chi connectivity index (χ0n) is 14.7. The van der Waals surface area contributed by atoms with E-state index in [1.807, 2.05) is 0 Å². The number of rotatable bonds is 5. The fourth-order valence-electron chi connectivity index (χ4n) is 3.40. The minimum Gasteiger partial charge on any atom is -0.351 e. The van der Waals surface area contributed by atoms with E-state index in [4.69, 9.17) is 0 Å². The average Bonchev–Trinajstić information content (AvgIpc) is 2.58. The third-order valence-corrected chi connectivity index (χ3v) is 4.74. The Hall–Kier alpha value is -0.850. The molecule has 1 aromatic carbocycles. The van der Waals surface area contributed by atoms with Crippen LogP contribution in [0.25, 0.3) is 0 Å². The molecular weight excluding hydrogens is 359 g/mol. The van der Waals surface area contributed by atoms with Crippen molar-refractivity contribution in [2.45, 2.75) is 25.4 Å². The summed E-state index contributed by atoms with van der Waals surface area (Å²) in [7, 11) is 0. The van der Waals surface area contributed by atoms with Gasteiger partial charge in [0.2, 0.25) is 5.91 Å². The van der Waals surface area contributed by atoms with Crippen molar-refractivity contribution in [3.8, 4) is 0 Å². The van der Waals surface area contributed by atoms with Crippen LogP contribution in [-0.2, 0) is 11.3 Å². The van der Waals surface area contributed by atoms with Crippen LogP contribution in [0.1, 0.15) is 18.4 Å². The van der Waals surface area contributed by atoms with Gasteiger partial charge >= 0.3 is 0 Å². The predicted molar refractivity (Wildman–Crippen MR) is 107 cm³/mol. The third-order valence-electron chi connectivity index (χ3n) is 4.74. The molecular formula is C18H30Cl2N4O. The maximum atomic E-state index is 12.2. The highest BCUT2D eigenvalue weighted by molar-refractivity contribution is 5.85. The van der Waals surface area contributed by atoms with Gasteiger partial charge in [-0.05, 0) is 24.9 Å². The summed E-state index contributed by atoms with van der Waals surface area (Å²) in [4.78, 5) is 16.9. The largest absolute Gasteiger partial charge is 0.351 e. The summed E-state index contributed by atoms with van der Waals surface area (Å²) in [6, 6.07) is 10.9. The van der Waals surface area contributed by atoms with Crippen molar-refractivity contribution in [1.82, 2.24) is 20.4 Å². The number of nitrogens with one attached hydrogen (secondary N) is 2. The van der Waals surface area contributed by atoms with Gasteiger partial charge in [-0.25, -0.2) is 0 Å². The van der Waals surface area contributed by atoms with Gasteiger partial charge in [-0.2, -0.15) is 0 Å². The van der Waals surface area contributed by atoms with Gasteiger partial charge in [0.25, 0.3) is 0 Å². The summed E-state index contributed by atoms with van der Waals surface area (Å²) in [6.07, 6.45) is 2.26. The lowest BCUT2D eigenvalue weighted by molar-refractivity contribution is -0.123. The van der Waals surface area contributed by atoms with E-state index in [1.165, 1.54) is 5.56 Å². The Balaban J connectivity index is 0.00000156. The van der Waals surface area contributed by atoms with E-state index in [9.17, 15) is 4.79 Å². The first-order chi connectivity index (χ1) is 11.3. The molecule has 1 amide bonds. The molecule has 2 fully saturated rings. The first kappa shape index (κ1) is 22.2. The number of nitrogens with zero attached hydrogens (tertiary/aromatic N) is 2. The lowest BCUT2D eigenvalue weighted by Crippen LogP contribution is -2.52. The first-order valence-corrected chi connectivity index (χ1v) is 8.78. The van der Waals surface area contributed by atoms with E-state index in [2.05, 4.69) is 50.8 Å². The summed E-state index contributed by atoms with van der Waals surface area (Å²) in [6.45, 7) is 7.56. The van der Waals surface area contributed by atoms with E-state index >= 15 is 0 Å². The van der Waals surface area contributed by atoms with Crippen LogP contribution in [0.5, 0.6) is 0 Å². The zero-order valence-corrected chi connectivity index (χ0v) is 16.3. The van der Waals surface area contributed by atoms with Crippen molar-refractivity contribution in [2.24, 2.45) is 0 Å². The molecule has 3 rings (SSSR count). The van der Waals surface area contributed by atoms with Gasteiger partial charge in [-0.3, -0.25) is 14.6 Å². The average molecular weight is 389 g/mol. The summed E-state index contributed by atoms with van der Waals surface area (Å²) >= 11 is 0. The standard InChI is InChI=1S/C18H28N4O.2ClH/c23-18(20-17-7-4-8-19-13-17)15-22-11-9-21(10-12-22)14-16-5-2-1-3-6-16;;/h1-3,5-6,17,19H,4,7-15H2,(H,20,23);2*1H/t17-;;/m0../s1. The van der Waals surface area contributed by atoms with E-state index in [0.29, 0.717) is 12.6 Å². The molecule has 2 N–H and O–H groups in total. The molecule has 2 aliphatic heterocycles. The molecule has 0 bridgehead atoms. The van der Waals surface area contributed by atoms with Crippen LogP contribution < -0.4 is 10.6 Å². The number of carbonyl (C=O) groups is 1. The Bertz CT molecular complexity index is 489. The Kier molecular flexibility index (Phi) is 10.4. The zero-order chi connectivity index (χ0) is 15.9. The number of piperidine rings is 1. The fourth-order valence-corrected chi connectivity index (χ4v) is 3.40. The molecule has 2 heterocycles. The summed E-state index contributed by atoms with van der Waals surface area (Å²) in [5, 5.41) is 6.50. The van der Waals surface area contributed by atoms with Crippen molar-refractivity contribution >= 4 is 30.7 Å². The topological polar surface area (TPSA) is 47.6 Å². The van der Waals surface area contributed by atoms with Crippen LogP contribution in [0.3, 0.4) is 0 Å². The minimum atomic E-state index is 0. The monoisotopic (exact) mass is 388 g/mol. The van der Waals surface area contributed by atoms with Gasteiger partial charge < -0.3 is 10.6 Å². The van der Waals surface area contributed by atoms with E-state index in [-0.39, 0.29) is 30.7 Å². The Morgan fingerprint density at radius 2 is 1.76 bits per heavy atom. The second-order valence-corrected chi connectivity index (χ2v) is 6.65. The van der Waals surface area contributed by atoms with Crippen molar-refractivity contribution in [1.29, 1.82) is 0 Å². The summed E-state index contributed by atoms with van der Waals surface area (Å²) in [5.41, 5.74) is 1.36.